The third-order valence-electron chi connectivity index (χ3n) is 3.02. The summed E-state index contributed by atoms with van der Waals surface area (Å²) < 4.78 is 80.9. The monoisotopic (exact) mass is 438 g/mol. The second-order valence-corrected chi connectivity index (χ2v) is 9.11. The molecule has 10 heteroatoms. The summed E-state index contributed by atoms with van der Waals surface area (Å²) in [5.41, 5.74) is -5.92. The van der Waals surface area contributed by atoms with Crippen molar-refractivity contribution in [3.63, 3.8) is 0 Å². The molecule has 1 rings (SSSR count). The van der Waals surface area contributed by atoms with Crippen LogP contribution in [0, 0.1) is 5.82 Å². The molecule has 1 aromatic rings. The molecule has 1 atom stereocenters. The van der Waals surface area contributed by atoms with Crippen LogP contribution < -0.4 is 4.74 Å². The van der Waals surface area contributed by atoms with Gasteiger partial charge in [-0.25, -0.2) is 8.78 Å². The molecule has 0 aliphatic carbocycles. The van der Waals surface area contributed by atoms with Crippen molar-refractivity contribution in [2.75, 3.05) is 18.1 Å². The van der Waals surface area contributed by atoms with Gasteiger partial charge in [0, 0.05) is 11.8 Å². The first-order chi connectivity index (χ1) is 11.9. The zero-order chi connectivity index (χ0) is 20.0. The van der Waals surface area contributed by atoms with Crippen LogP contribution in [0.3, 0.4) is 0 Å². The van der Waals surface area contributed by atoms with E-state index in [0.29, 0.717) is 19.3 Å². The molecule has 0 heterocycles. The normalized spacial score (nSPS) is 13.7. The van der Waals surface area contributed by atoms with Crippen LogP contribution in [0.4, 0.5) is 22.0 Å². The number of thioether (sulfide) groups is 1. The quantitative estimate of drug-likeness (QED) is 0.324. The molecule has 0 radical (unpaired) electrons. The topological polar surface area (TPSA) is 26.3 Å². The van der Waals surface area contributed by atoms with E-state index >= 15 is 0 Å². The van der Waals surface area contributed by atoms with Gasteiger partial charge < -0.3 is 4.74 Å². The van der Waals surface area contributed by atoms with Gasteiger partial charge in [-0.3, -0.25) is 4.21 Å². The summed E-state index contributed by atoms with van der Waals surface area (Å²) in [6.07, 6.45) is 1.29. The minimum atomic E-state index is -4.23. The van der Waals surface area contributed by atoms with Gasteiger partial charge in [-0.15, -0.1) is 0 Å². The Morgan fingerprint density at radius 2 is 1.81 bits per heavy atom. The second kappa shape index (κ2) is 10.1. The van der Waals surface area contributed by atoms with Gasteiger partial charge in [-0.1, -0.05) is 23.4 Å². The molecular weight excluding hydrogens is 419 g/mol. The van der Waals surface area contributed by atoms with Crippen LogP contribution in [0.15, 0.2) is 17.0 Å². The Hall–Kier alpha value is -0.540. The van der Waals surface area contributed by atoms with E-state index in [-0.39, 0.29) is 45.5 Å². The van der Waals surface area contributed by atoms with Crippen LogP contribution in [-0.4, -0.2) is 33.5 Å². The fraction of sp³-hybridized carbons (Fsp3) is 0.625. The maximum atomic E-state index is 13.9. The van der Waals surface area contributed by atoms with Crippen LogP contribution in [0.1, 0.15) is 33.1 Å². The van der Waals surface area contributed by atoms with Gasteiger partial charge in [-0.05, 0) is 39.2 Å². The molecule has 0 bridgehead atoms. The van der Waals surface area contributed by atoms with E-state index in [1.807, 2.05) is 0 Å². The predicted octanol–water partition coefficient (Wildman–Crippen LogP) is 6.14. The number of unbranched alkanes of at least 4 members (excludes halogenated alkanes) is 2. The smallest absolute Gasteiger partial charge is 0.441 e. The zero-order valence-electron chi connectivity index (χ0n) is 14.3. The highest BCUT2D eigenvalue weighted by Gasteiger charge is 2.27. The van der Waals surface area contributed by atoms with Crippen LogP contribution >= 0.6 is 23.4 Å². The highest BCUT2D eigenvalue weighted by molar-refractivity contribution is 8.00. The van der Waals surface area contributed by atoms with Crippen LogP contribution in [0.5, 0.6) is 5.75 Å². The summed E-state index contributed by atoms with van der Waals surface area (Å²) in [6.45, 7) is 2.64. The summed E-state index contributed by atoms with van der Waals surface area (Å²) in [4.78, 5) is 0.0790. The van der Waals surface area contributed by atoms with Crippen molar-refractivity contribution in [3.05, 3.63) is 23.0 Å². The minimum absolute atomic E-state index is 0.0407. The van der Waals surface area contributed by atoms with Crippen molar-refractivity contribution in [2.45, 2.75) is 49.2 Å². The summed E-state index contributed by atoms with van der Waals surface area (Å²) in [7, 11) is -1.77. The van der Waals surface area contributed by atoms with Crippen molar-refractivity contribution in [2.24, 2.45) is 0 Å². The lowest BCUT2D eigenvalue weighted by Gasteiger charge is -2.15. The molecular formula is C16H20ClF5O2S2. The molecule has 2 nitrogen and oxygen atoms in total. The summed E-state index contributed by atoms with van der Waals surface area (Å²) in [5.74, 6) is -1.25. The number of rotatable bonds is 10. The largest absolute Gasteiger partial charge is 0.490 e. The van der Waals surface area contributed by atoms with Gasteiger partial charge in [0.1, 0.15) is 5.67 Å². The zero-order valence-corrected chi connectivity index (χ0v) is 16.7. The lowest BCUT2D eigenvalue weighted by atomic mass is 10.2. The summed E-state index contributed by atoms with van der Waals surface area (Å²) >= 11 is 5.80. The molecule has 0 aliphatic heterocycles. The molecule has 150 valence electrons. The Morgan fingerprint density at radius 1 is 1.15 bits per heavy atom. The van der Waals surface area contributed by atoms with E-state index in [1.54, 1.807) is 0 Å². The van der Waals surface area contributed by atoms with Crippen LogP contribution in [0.25, 0.3) is 0 Å². The molecule has 1 aromatic carbocycles. The van der Waals surface area contributed by atoms with E-state index in [4.69, 9.17) is 16.3 Å². The first kappa shape index (κ1) is 23.5. The lowest BCUT2D eigenvalue weighted by Crippen LogP contribution is -2.22. The number of hydrogen-bond acceptors (Lipinski definition) is 3. The summed E-state index contributed by atoms with van der Waals surface area (Å²) in [6, 6.07) is 2.13. The van der Waals surface area contributed by atoms with Crippen molar-refractivity contribution in [1.82, 2.24) is 0 Å². The molecule has 1 unspecified atom stereocenters. The van der Waals surface area contributed by atoms with Crippen molar-refractivity contribution >= 4 is 34.2 Å². The van der Waals surface area contributed by atoms with Gasteiger partial charge in [-0.2, -0.15) is 13.2 Å². The van der Waals surface area contributed by atoms with Gasteiger partial charge in [0.25, 0.3) is 0 Å². The number of halogens is 6. The van der Waals surface area contributed by atoms with Crippen molar-refractivity contribution < 1.29 is 30.9 Å². The van der Waals surface area contributed by atoms with E-state index in [1.165, 1.54) is 19.9 Å². The second-order valence-electron chi connectivity index (χ2n) is 6.12. The van der Waals surface area contributed by atoms with E-state index in [2.05, 4.69) is 0 Å². The maximum Gasteiger partial charge on any atom is 0.441 e. The molecule has 0 spiro atoms. The van der Waals surface area contributed by atoms with Crippen molar-refractivity contribution in [1.29, 1.82) is 0 Å². The Morgan fingerprint density at radius 3 is 2.38 bits per heavy atom. The van der Waals surface area contributed by atoms with Gasteiger partial charge >= 0.3 is 5.51 Å². The van der Waals surface area contributed by atoms with E-state index < -0.39 is 27.8 Å². The maximum absolute atomic E-state index is 13.9. The third kappa shape index (κ3) is 9.41. The predicted molar refractivity (Wildman–Crippen MR) is 95.7 cm³/mol. The van der Waals surface area contributed by atoms with Crippen molar-refractivity contribution in [3.8, 4) is 5.75 Å². The molecule has 0 fully saturated rings. The lowest BCUT2D eigenvalue weighted by molar-refractivity contribution is -0.0328. The number of hydrogen-bond donors (Lipinski definition) is 0. The number of benzene rings is 1. The van der Waals surface area contributed by atoms with Gasteiger partial charge in [0.2, 0.25) is 0 Å². The first-order valence-electron chi connectivity index (χ1n) is 7.79. The Labute approximate surface area is 161 Å². The highest BCUT2D eigenvalue weighted by atomic mass is 35.5. The minimum Gasteiger partial charge on any atom is -0.490 e. The average Bonchev–Trinajstić information content (AvgIpc) is 2.45. The molecule has 0 saturated carbocycles. The Balaban J connectivity index is 2.54. The van der Waals surface area contributed by atoms with Gasteiger partial charge in [0.05, 0.1) is 33.1 Å². The fourth-order valence-electron chi connectivity index (χ4n) is 1.94. The standard InChI is InChI=1S/C16H20ClF5O2S2/c1-15(2,19)10-26(23)14-9-13(12(18)8-11(14)17)24-6-4-3-5-7-25-16(20,21)22/h8-9H,3-7,10H2,1-2H3. The molecule has 0 aromatic heterocycles. The first-order valence-corrected chi connectivity index (χ1v) is 10.5. The molecule has 0 aliphatic rings. The molecule has 26 heavy (non-hydrogen) atoms. The molecule has 0 saturated heterocycles. The fourth-order valence-corrected chi connectivity index (χ4v) is 4.22. The Bertz CT molecular complexity index is 618. The summed E-state index contributed by atoms with van der Waals surface area (Å²) in [5, 5.41) is -0.0818. The van der Waals surface area contributed by atoms with Gasteiger partial charge in [0.15, 0.2) is 11.6 Å². The SMILES string of the molecule is CC(C)(F)CS(=O)c1cc(OCCCCCSC(F)(F)F)c(F)cc1Cl. The molecule has 0 amide bonds. The Kier molecular flexibility index (Phi) is 9.15. The van der Waals surface area contributed by atoms with Crippen LogP contribution in [0.2, 0.25) is 5.02 Å². The van der Waals surface area contributed by atoms with Crippen LogP contribution in [-0.2, 0) is 10.8 Å². The number of alkyl halides is 4. The molecule has 0 N–H and O–H groups in total. The number of ether oxygens (including phenoxy) is 1. The third-order valence-corrected chi connectivity index (χ3v) is 6.04. The average molecular weight is 439 g/mol. The van der Waals surface area contributed by atoms with E-state index in [9.17, 15) is 26.2 Å². The highest BCUT2D eigenvalue weighted by Crippen LogP contribution is 2.31. The van der Waals surface area contributed by atoms with E-state index in [0.717, 1.165) is 6.07 Å².